The lowest BCUT2D eigenvalue weighted by Gasteiger charge is -2.17. The molecule has 0 atom stereocenters. The lowest BCUT2D eigenvalue weighted by molar-refractivity contribution is 0.353. The molecule has 0 radical (unpaired) electrons. The molecule has 4 rings (SSSR count). The SMILES string of the molecule is COc1ncc(-c2ccc(-c3cccc(-c4cnccc4OC)c3OC)cc2OC)c(OC)n1. The molecule has 0 aliphatic carbocycles. The van der Waals surface area contributed by atoms with Gasteiger partial charge in [-0.05, 0) is 23.8 Å². The number of para-hydroxylation sites is 1. The van der Waals surface area contributed by atoms with Crippen LogP contribution in [0.5, 0.6) is 29.1 Å². The highest BCUT2D eigenvalue weighted by atomic mass is 16.5. The second kappa shape index (κ2) is 10.1. The molecule has 4 aromatic rings. The van der Waals surface area contributed by atoms with Crippen LogP contribution in [-0.2, 0) is 0 Å². The maximum absolute atomic E-state index is 5.86. The van der Waals surface area contributed by atoms with Crippen molar-refractivity contribution in [2.45, 2.75) is 0 Å². The number of hydrogen-bond donors (Lipinski definition) is 0. The fraction of sp³-hybridized carbons (Fsp3) is 0.192. The van der Waals surface area contributed by atoms with E-state index < -0.39 is 0 Å². The summed E-state index contributed by atoms with van der Waals surface area (Å²) in [5.74, 6) is 2.44. The Morgan fingerprint density at radius 3 is 2.12 bits per heavy atom. The average molecular weight is 460 g/mol. The van der Waals surface area contributed by atoms with Crippen molar-refractivity contribution in [3.8, 4) is 62.5 Å². The van der Waals surface area contributed by atoms with Gasteiger partial charge < -0.3 is 23.7 Å². The first-order valence-electron chi connectivity index (χ1n) is 10.4. The Hall–Kier alpha value is -4.33. The Labute approximate surface area is 198 Å². The molecule has 0 amide bonds. The van der Waals surface area contributed by atoms with E-state index in [1.807, 2.05) is 42.5 Å². The molecule has 0 fully saturated rings. The Balaban J connectivity index is 1.84. The molecule has 0 saturated heterocycles. The van der Waals surface area contributed by atoms with Gasteiger partial charge in [0.2, 0.25) is 5.88 Å². The van der Waals surface area contributed by atoms with Gasteiger partial charge in [0.05, 0.1) is 41.1 Å². The standard InChI is InChI=1S/C26H25N3O5/c1-30-22-11-12-27-14-20(22)19-8-6-7-17(24(19)32-3)16-9-10-18(23(13-16)31-2)21-15-28-26(34-5)29-25(21)33-4/h6-15H,1-5H3. The van der Waals surface area contributed by atoms with Gasteiger partial charge in [-0.25, -0.2) is 4.98 Å². The molecule has 0 N–H and O–H groups in total. The molecule has 34 heavy (non-hydrogen) atoms. The average Bonchev–Trinajstić information content (AvgIpc) is 2.91. The lowest BCUT2D eigenvalue weighted by atomic mass is 9.95. The largest absolute Gasteiger partial charge is 0.496 e. The molecular weight excluding hydrogens is 434 g/mol. The first-order valence-corrected chi connectivity index (χ1v) is 10.4. The highest BCUT2D eigenvalue weighted by Gasteiger charge is 2.19. The summed E-state index contributed by atoms with van der Waals surface area (Å²) in [6.45, 7) is 0. The summed E-state index contributed by atoms with van der Waals surface area (Å²) >= 11 is 0. The number of ether oxygens (including phenoxy) is 5. The van der Waals surface area contributed by atoms with Crippen LogP contribution in [-0.4, -0.2) is 50.5 Å². The third-order valence-electron chi connectivity index (χ3n) is 5.42. The van der Waals surface area contributed by atoms with E-state index in [1.165, 1.54) is 7.11 Å². The third-order valence-corrected chi connectivity index (χ3v) is 5.42. The van der Waals surface area contributed by atoms with Crippen LogP contribution in [0.15, 0.2) is 61.1 Å². The van der Waals surface area contributed by atoms with Crippen LogP contribution in [0.4, 0.5) is 0 Å². The summed E-state index contributed by atoms with van der Waals surface area (Å²) in [6.07, 6.45) is 5.11. The van der Waals surface area contributed by atoms with Gasteiger partial charge in [-0.3, -0.25) is 4.98 Å². The van der Waals surface area contributed by atoms with E-state index in [9.17, 15) is 0 Å². The summed E-state index contributed by atoms with van der Waals surface area (Å²) in [5.41, 5.74) is 5.00. The molecule has 2 aromatic carbocycles. The second-order valence-corrected chi connectivity index (χ2v) is 7.16. The minimum atomic E-state index is 0.226. The molecule has 8 heteroatoms. The molecular formula is C26H25N3O5. The van der Waals surface area contributed by atoms with Gasteiger partial charge in [0.1, 0.15) is 17.2 Å². The number of hydrogen-bond acceptors (Lipinski definition) is 8. The van der Waals surface area contributed by atoms with Crippen LogP contribution in [0, 0.1) is 0 Å². The molecule has 0 aliphatic heterocycles. The fourth-order valence-electron chi connectivity index (χ4n) is 3.83. The highest BCUT2D eigenvalue weighted by molar-refractivity contribution is 5.86. The predicted molar refractivity (Wildman–Crippen MR) is 129 cm³/mol. The third kappa shape index (κ3) is 4.17. The van der Waals surface area contributed by atoms with Crippen molar-refractivity contribution in [1.82, 2.24) is 15.0 Å². The molecule has 2 aromatic heterocycles. The molecule has 2 heterocycles. The van der Waals surface area contributed by atoms with Crippen LogP contribution in [0.25, 0.3) is 33.4 Å². The van der Waals surface area contributed by atoms with E-state index in [4.69, 9.17) is 23.7 Å². The van der Waals surface area contributed by atoms with Gasteiger partial charge in [-0.1, -0.05) is 24.3 Å². The lowest BCUT2D eigenvalue weighted by Crippen LogP contribution is -1.99. The Morgan fingerprint density at radius 1 is 0.618 bits per heavy atom. The minimum absolute atomic E-state index is 0.226. The number of methoxy groups -OCH3 is 5. The van der Waals surface area contributed by atoms with Crippen LogP contribution < -0.4 is 23.7 Å². The van der Waals surface area contributed by atoms with E-state index in [1.54, 1.807) is 47.0 Å². The molecule has 174 valence electrons. The smallest absolute Gasteiger partial charge is 0.319 e. The number of aromatic nitrogens is 3. The van der Waals surface area contributed by atoms with Gasteiger partial charge in [0.15, 0.2) is 0 Å². The predicted octanol–water partition coefficient (Wildman–Crippen LogP) is 4.92. The van der Waals surface area contributed by atoms with Gasteiger partial charge in [-0.2, -0.15) is 4.98 Å². The fourth-order valence-corrected chi connectivity index (χ4v) is 3.83. The van der Waals surface area contributed by atoms with Crippen LogP contribution in [0.2, 0.25) is 0 Å². The van der Waals surface area contributed by atoms with Crippen molar-refractivity contribution in [2.75, 3.05) is 35.5 Å². The Morgan fingerprint density at radius 2 is 1.41 bits per heavy atom. The molecule has 0 aliphatic rings. The summed E-state index contributed by atoms with van der Waals surface area (Å²) in [7, 11) is 7.96. The van der Waals surface area contributed by atoms with E-state index in [2.05, 4.69) is 15.0 Å². The van der Waals surface area contributed by atoms with Crippen LogP contribution in [0.1, 0.15) is 0 Å². The van der Waals surface area contributed by atoms with Crippen molar-refractivity contribution >= 4 is 0 Å². The van der Waals surface area contributed by atoms with E-state index >= 15 is 0 Å². The highest BCUT2D eigenvalue weighted by Crippen LogP contribution is 2.44. The van der Waals surface area contributed by atoms with Crippen LogP contribution in [0.3, 0.4) is 0 Å². The summed E-state index contributed by atoms with van der Waals surface area (Å²) in [5, 5.41) is 0. The van der Waals surface area contributed by atoms with E-state index in [0.717, 1.165) is 27.8 Å². The summed E-state index contributed by atoms with van der Waals surface area (Å²) in [6, 6.07) is 13.9. The van der Waals surface area contributed by atoms with Gasteiger partial charge in [-0.15, -0.1) is 0 Å². The Bertz CT molecular complexity index is 1310. The molecule has 0 spiro atoms. The van der Waals surface area contributed by atoms with E-state index in [0.29, 0.717) is 28.7 Å². The summed E-state index contributed by atoms with van der Waals surface area (Å²) < 4.78 is 27.7. The second-order valence-electron chi connectivity index (χ2n) is 7.16. The van der Waals surface area contributed by atoms with Gasteiger partial charge in [0, 0.05) is 40.8 Å². The Kier molecular flexibility index (Phi) is 6.77. The van der Waals surface area contributed by atoms with Crippen molar-refractivity contribution < 1.29 is 23.7 Å². The maximum atomic E-state index is 5.86. The quantitative estimate of drug-likeness (QED) is 0.367. The minimum Gasteiger partial charge on any atom is -0.496 e. The first kappa shape index (κ1) is 22.8. The van der Waals surface area contributed by atoms with Crippen molar-refractivity contribution in [2.24, 2.45) is 0 Å². The van der Waals surface area contributed by atoms with Gasteiger partial charge >= 0.3 is 6.01 Å². The zero-order chi connectivity index (χ0) is 24.1. The maximum Gasteiger partial charge on any atom is 0.319 e. The molecule has 8 nitrogen and oxygen atoms in total. The first-order chi connectivity index (χ1) is 16.6. The topological polar surface area (TPSA) is 84.8 Å². The van der Waals surface area contributed by atoms with Crippen molar-refractivity contribution in [3.05, 3.63) is 61.1 Å². The zero-order valence-corrected chi connectivity index (χ0v) is 19.7. The van der Waals surface area contributed by atoms with Crippen molar-refractivity contribution in [3.63, 3.8) is 0 Å². The normalized spacial score (nSPS) is 10.5. The van der Waals surface area contributed by atoms with Crippen molar-refractivity contribution in [1.29, 1.82) is 0 Å². The zero-order valence-electron chi connectivity index (χ0n) is 19.7. The summed E-state index contributed by atoms with van der Waals surface area (Å²) in [4.78, 5) is 12.8. The van der Waals surface area contributed by atoms with Crippen LogP contribution >= 0.6 is 0 Å². The van der Waals surface area contributed by atoms with Gasteiger partial charge in [0.25, 0.3) is 0 Å². The molecule has 0 unspecified atom stereocenters. The molecule has 0 saturated carbocycles. The number of rotatable bonds is 8. The number of pyridine rings is 1. The number of benzene rings is 2. The number of nitrogens with zero attached hydrogens (tertiary/aromatic N) is 3. The van der Waals surface area contributed by atoms with E-state index in [-0.39, 0.29) is 6.01 Å². The molecule has 0 bridgehead atoms. The monoisotopic (exact) mass is 459 g/mol.